The van der Waals surface area contributed by atoms with Crippen LogP contribution in [0, 0.1) is 19.7 Å². The van der Waals surface area contributed by atoms with E-state index >= 15 is 0 Å². The van der Waals surface area contributed by atoms with E-state index in [4.69, 9.17) is 0 Å². The van der Waals surface area contributed by atoms with Crippen LogP contribution in [-0.4, -0.2) is 6.04 Å². The Morgan fingerprint density at radius 2 is 1.85 bits per heavy atom. The van der Waals surface area contributed by atoms with E-state index in [1.807, 2.05) is 18.2 Å². The monoisotopic (exact) mass is 269 g/mol. The second-order valence-corrected chi connectivity index (χ2v) is 5.77. The number of hydrogen-bond acceptors (Lipinski definition) is 1. The van der Waals surface area contributed by atoms with Crippen LogP contribution in [0.1, 0.15) is 29.5 Å². The number of benzene rings is 2. The van der Waals surface area contributed by atoms with Crippen molar-refractivity contribution in [2.24, 2.45) is 0 Å². The zero-order valence-corrected chi connectivity index (χ0v) is 12.0. The summed E-state index contributed by atoms with van der Waals surface area (Å²) in [5.41, 5.74) is 5.23. The van der Waals surface area contributed by atoms with Gasteiger partial charge >= 0.3 is 0 Å². The Kier molecular flexibility index (Phi) is 3.58. The smallest absolute Gasteiger partial charge is 0.131 e. The largest absolute Gasteiger partial charge is 0.310 e. The van der Waals surface area contributed by atoms with Gasteiger partial charge in [-0.05, 0) is 61.1 Å². The molecule has 0 atom stereocenters. The molecule has 104 valence electrons. The summed E-state index contributed by atoms with van der Waals surface area (Å²) in [4.78, 5) is 0. The number of rotatable bonds is 4. The second-order valence-electron chi connectivity index (χ2n) is 5.77. The van der Waals surface area contributed by atoms with E-state index < -0.39 is 0 Å². The summed E-state index contributed by atoms with van der Waals surface area (Å²) in [6, 6.07) is 12.2. The maximum atomic E-state index is 14.1. The molecule has 0 heterocycles. The van der Waals surface area contributed by atoms with Crippen LogP contribution in [0.5, 0.6) is 0 Å². The van der Waals surface area contributed by atoms with Gasteiger partial charge in [-0.25, -0.2) is 4.39 Å². The van der Waals surface area contributed by atoms with Gasteiger partial charge in [-0.3, -0.25) is 0 Å². The molecule has 1 saturated carbocycles. The number of hydrogen-bond donors (Lipinski definition) is 1. The summed E-state index contributed by atoms with van der Waals surface area (Å²) in [5.74, 6) is -0.150. The molecule has 0 aromatic heterocycles. The molecule has 0 bridgehead atoms. The lowest BCUT2D eigenvalue weighted by molar-refractivity contribution is 0.628. The molecule has 0 radical (unpaired) electrons. The average molecular weight is 269 g/mol. The Labute approximate surface area is 119 Å². The minimum absolute atomic E-state index is 0.150. The summed E-state index contributed by atoms with van der Waals surface area (Å²) in [5, 5.41) is 3.47. The van der Waals surface area contributed by atoms with Crippen molar-refractivity contribution in [3.63, 3.8) is 0 Å². The van der Waals surface area contributed by atoms with Gasteiger partial charge in [0, 0.05) is 18.2 Å². The predicted octanol–water partition coefficient (Wildman–Crippen LogP) is 4.36. The van der Waals surface area contributed by atoms with Gasteiger partial charge in [-0.1, -0.05) is 24.3 Å². The SMILES string of the molecule is Cc1ccc(-c2cc(CNC3CC3)ccc2F)cc1C. The van der Waals surface area contributed by atoms with Crippen LogP contribution in [0.4, 0.5) is 4.39 Å². The standard InChI is InChI=1S/C18H20FN/c1-12-3-5-15(9-13(12)2)17-10-14(4-8-18(17)19)11-20-16-6-7-16/h3-5,8-10,16,20H,6-7,11H2,1-2H3. The van der Waals surface area contributed by atoms with Gasteiger partial charge in [-0.15, -0.1) is 0 Å². The molecule has 0 spiro atoms. The third kappa shape index (κ3) is 2.91. The van der Waals surface area contributed by atoms with Crippen molar-refractivity contribution in [3.8, 4) is 11.1 Å². The molecule has 0 unspecified atom stereocenters. The molecule has 0 amide bonds. The zero-order chi connectivity index (χ0) is 14.1. The number of nitrogens with one attached hydrogen (secondary N) is 1. The van der Waals surface area contributed by atoms with Gasteiger partial charge in [0.2, 0.25) is 0 Å². The Morgan fingerprint density at radius 3 is 2.55 bits per heavy atom. The first-order valence-corrected chi connectivity index (χ1v) is 7.23. The van der Waals surface area contributed by atoms with Crippen molar-refractivity contribution in [2.75, 3.05) is 0 Å². The predicted molar refractivity (Wildman–Crippen MR) is 81.2 cm³/mol. The van der Waals surface area contributed by atoms with Crippen molar-refractivity contribution in [2.45, 2.75) is 39.3 Å². The van der Waals surface area contributed by atoms with E-state index in [1.165, 1.54) is 24.0 Å². The fourth-order valence-electron chi connectivity index (χ4n) is 2.36. The van der Waals surface area contributed by atoms with Gasteiger partial charge in [0.15, 0.2) is 0 Å². The van der Waals surface area contributed by atoms with Gasteiger partial charge in [0.05, 0.1) is 0 Å². The van der Waals surface area contributed by atoms with Crippen LogP contribution in [0.15, 0.2) is 36.4 Å². The van der Waals surface area contributed by atoms with Crippen molar-refractivity contribution in [1.82, 2.24) is 5.32 Å². The van der Waals surface area contributed by atoms with E-state index in [-0.39, 0.29) is 5.82 Å². The van der Waals surface area contributed by atoms with Crippen molar-refractivity contribution < 1.29 is 4.39 Å². The summed E-state index contributed by atoms with van der Waals surface area (Å²) in [7, 11) is 0. The van der Waals surface area contributed by atoms with E-state index in [0.717, 1.165) is 17.7 Å². The third-order valence-corrected chi connectivity index (χ3v) is 4.02. The molecule has 1 aliphatic carbocycles. The molecule has 0 saturated heterocycles. The quantitative estimate of drug-likeness (QED) is 0.869. The molecule has 2 heteroatoms. The van der Waals surface area contributed by atoms with E-state index in [0.29, 0.717) is 11.6 Å². The number of halogens is 1. The highest BCUT2D eigenvalue weighted by Crippen LogP contribution is 2.26. The average Bonchev–Trinajstić information content (AvgIpc) is 3.25. The van der Waals surface area contributed by atoms with E-state index in [1.54, 1.807) is 6.07 Å². The fraction of sp³-hybridized carbons (Fsp3) is 0.333. The first-order chi connectivity index (χ1) is 9.63. The van der Waals surface area contributed by atoms with Crippen LogP contribution in [-0.2, 0) is 6.54 Å². The highest BCUT2D eigenvalue weighted by atomic mass is 19.1. The molecule has 20 heavy (non-hydrogen) atoms. The Balaban J connectivity index is 1.89. The first kappa shape index (κ1) is 13.3. The maximum absolute atomic E-state index is 14.1. The van der Waals surface area contributed by atoms with E-state index in [9.17, 15) is 4.39 Å². The van der Waals surface area contributed by atoms with Gasteiger partial charge in [-0.2, -0.15) is 0 Å². The highest BCUT2D eigenvalue weighted by molar-refractivity contribution is 5.66. The van der Waals surface area contributed by atoms with Crippen LogP contribution in [0.2, 0.25) is 0 Å². The van der Waals surface area contributed by atoms with Crippen LogP contribution in [0.25, 0.3) is 11.1 Å². The molecule has 0 aliphatic heterocycles. The Hall–Kier alpha value is -1.67. The minimum atomic E-state index is -0.150. The maximum Gasteiger partial charge on any atom is 0.131 e. The molecular formula is C18H20FN. The van der Waals surface area contributed by atoms with Crippen molar-refractivity contribution in [3.05, 3.63) is 58.9 Å². The molecule has 1 nitrogen and oxygen atoms in total. The molecule has 1 N–H and O–H groups in total. The molecule has 3 rings (SSSR count). The first-order valence-electron chi connectivity index (χ1n) is 7.23. The molecule has 1 aliphatic rings. The molecule has 2 aromatic carbocycles. The van der Waals surface area contributed by atoms with Crippen LogP contribution in [0.3, 0.4) is 0 Å². The minimum Gasteiger partial charge on any atom is -0.310 e. The third-order valence-electron chi connectivity index (χ3n) is 4.02. The lowest BCUT2D eigenvalue weighted by Gasteiger charge is -2.10. The summed E-state index contributed by atoms with van der Waals surface area (Å²) in [6.07, 6.45) is 2.54. The fourth-order valence-corrected chi connectivity index (χ4v) is 2.36. The van der Waals surface area contributed by atoms with Gasteiger partial charge < -0.3 is 5.32 Å². The summed E-state index contributed by atoms with van der Waals surface area (Å²) in [6.45, 7) is 4.96. The summed E-state index contributed by atoms with van der Waals surface area (Å²) >= 11 is 0. The van der Waals surface area contributed by atoms with Gasteiger partial charge in [0.25, 0.3) is 0 Å². The Bertz CT molecular complexity index is 629. The topological polar surface area (TPSA) is 12.0 Å². The summed E-state index contributed by atoms with van der Waals surface area (Å²) < 4.78 is 14.1. The lowest BCUT2D eigenvalue weighted by Crippen LogP contribution is -2.15. The highest BCUT2D eigenvalue weighted by Gasteiger charge is 2.20. The van der Waals surface area contributed by atoms with Gasteiger partial charge in [0.1, 0.15) is 5.82 Å². The molecule has 1 fully saturated rings. The molecule has 2 aromatic rings. The lowest BCUT2D eigenvalue weighted by atomic mass is 9.98. The number of aryl methyl sites for hydroxylation is 2. The zero-order valence-electron chi connectivity index (χ0n) is 12.0. The normalized spacial score (nSPS) is 14.6. The van der Waals surface area contributed by atoms with Crippen LogP contribution < -0.4 is 5.32 Å². The second kappa shape index (κ2) is 5.37. The Morgan fingerprint density at radius 1 is 1.05 bits per heavy atom. The van der Waals surface area contributed by atoms with Crippen LogP contribution >= 0.6 is 0 Å². The molecular weight excluding hydrogens is 249 g/mol. The van der Waals surface area contributed by atoms with E-state index in [2.05, 4.69) is 31.3 Å². The van der Waals surface area contributed by atoms with Crippen molar-refractivity contribution in [1.29, 1.82) is 0 Å². The van der Waals surface area contributed by atoms with Crippen molar-refractivity contribution >= 4 is 0 Å².